The highest BCUT2D eigenvalue weighted by molar-refractivity contribution is 5.83. The first-order chi connectivity index (χ1) is 10.6. The SMILES string of the molecule is CC(=O)[C@@H](C)Oc1c(-c2ccco2)oc2ccccc2c1=O. The van der Waals surface area contributed by atoms with Gasteiger partial charge in [0, 0.05) is 0 Å². The largest absolute Gasteiger partial charge is 0.475 e. The zero-order valence-electron chi connectivity index (χ0n) is 12.2. The lowest BCUT2D eigenvalue weighted by atomic mass is 10.2. The fourth-order valence-electron chi connectivity index (χ4n) is 2.06. The highest BCUT2D eigenvalue weighted by Crippen LogP contribution is 2.31. The van der Waals surface area contributed by atoms with Crippen LogP contribution in [0.2, 0.25) is 0 Å². The molecule has 0 aliphatic carbocycles. The summed E-state index contributed by atoms with van der Waals surface area (Å²) in [4.78, 5) is 24.1. The molecule has 2 aromatic heterocycles. The van der Waals surface area contributed by atoms with Crippen LogP contribution in [-0.4, -0.2) is 11.9 Å². The van der Waals surface area contributed by atoms with E-state index >= 15 is 0 Å². The monoisotopic (exact) mass is 298 g/mol. The minimum Gasteiger partial charge on any atom is -0.475 e. The summed E-state index contributed by atoms with van der Waals surface area (Å²) in [5.41, 5.74) is 0.100. The Bertz CT molecular complexity index is 874. The Hall–Kier alpha value is -2.82. The van der Waals surface area contributed by atoms with Gasteiger partial charge in [0.15, 0.2) is 17.6 Å². The highest BCUT2D eigenvalue weighted by atomic mass is 16.5. The zero-order valence-corrected chi connectivity index (χ0v) is 12.2. The molecule has 5 nitrogen and oxygen atoms in total. The van der Waals surface area contributed by atoms with Gasteiger partial charge in [0.05, 0.1) is 11.6 Å². The lowest BCUT2D eigenvalue weighted by Crippen LogP contribution is -2.24. The van der Waals surface area contributed by atoms with Gasteiger partial charge in [0.1, 0.15) is 5.58 Å². The molecule has 112 valence electrons. The lowest BCUT2D eigenvalue weighted by Gasteiger charge is -2.13. The normalized spacial score (nSPS) is 12.3. The molecular formula is C17H14O5. The number of ether oxygens (including phenoxy) is 1. The van der Waals surface area contributed by atoms with Crippen molar-refractivity contribution in [1.82, 2.24) is 0 Å². The second-order valence-electron chi connectivity index (χ2n) is 4.93. The quantitative estimate of drug-likeness (QED) is 0.738. The topological polar surface area (TPSA) is 69.7 Å². The van der Waals surface area contributed by atoms with Crippen LogP contribution in [0, 0.1) is 0 Å². The lowest BCUT2D eigenvalue weighted by molar-refractivity contribution is -0.122. The van der Waals surface area contributed by atoms with Gasteiger partial charge in [0.25, 0.3) is 0 Å². The third kappa shape index (κ3) is 2.41. The first kappa shape index (κ1) is 14.1. The van der Waals surface area contributed by atoms with Crippen molar-refractivity contribution < 1.29 is 18.4 Å². The number of para-hydroxylation sites is 1. The third-order valence-corrected chi connectivity index (χ3v) is 3.37. The van der Waals surface area contributed by atoms with Gasteiger partial charge in [-0.05, 0) is 38.1 Å². The maximum Gasteiger partial charge on any atom is 0.235 e. The van der Waals surface area contributed by atoms with Gasteiger partial charge in [0.2, 0.25) is 16.9 Å². The minimum atomic E-state index is -0.752. The molecule has 0 bridgehead atoms. The molecule has 0 amide bonds. The number of Topliss-reactive ketones (excluding diaryl/α,β-unsaturated/α-hetero) is 1. The van der Waals surface area contributed by atoms with Crippen LogP contribution < -0.4 is 10.2 Å². The summed E-state index contributed by atoms with van der Waals surface area (Å²) in [5, 5.41) is 0.392. The van der Waals surface area contributed by atoms with Gasteiger partial charge in [-0.3, -0.25) is 9.59 Å². The molecule has 3 aromatic rings. The molecule has 0 N–H and O–H groups in total. The Morgan fingerprint density at radius 3 is 2.64 bits per heavy atom. The molecule has 1 aromatic carbocycles. The van der Waals surface area contributed by atoms with Crippen LogP contribution in [0.4, 0.5) is 0 Å². The molecule has 1 atom stereocenters. The van der Waals surface area contributed by atoms with E-state index in [1.807, 2.05) is 0 Å². The smallest absolute Gasteiger partial charge is 0.235 e. The zero-order chi connectivity index (χ0) is 15.7. The molecule has 0 saturated carbocycles. The van der Waals surface area contributed by atoms with Gasteiger partial charge < -0.3 is 13.6 Å². The van der Waals surface area contributed by atoms with E-state index < -0.39 is 6.10 Å². The van der Waals surface area contributed by atoms with Crippen LogP contribution in [-0.2, 0) is 4.79 Å². The van der Waals surface area contributed by atoms with Crippen LogP contribution in [0.3, 0.4) is 0 Å². The summed E-state index contributed by atoms with van der Waals surface area (Å²) in [7, 11) is 0. The van der Waals surface area contributed by atoms with Crippen molar-refractivity contribution in [1.29, 1.82) is 0 Å². The number of hydrogen-bond donors (Lipinski definition) is 0. The molecule has 0 aliphatic rings. The highest BCUT2D eigenvalue weighted by Gasteiger charge is 2.22. The van der Waals surface area contributed by atoms with Crippen molar-refractivity contribution in [3.05, 3.63) is 52.9 Å². The van der Waals surface area contributed by atoms with Gasteiger partial charge in [-0.2, -0.15) is 0 Å². The maximum absolute atomic E-state index is 12.7. The van der Waals surface area contributed by atoms with Gasteiger partial charge >= 0.3 is 0 Å². The van der Waals surface area contributed by atoms with Gasteiger partial charge in [-0.25, -0.2) is 0 Å². The Kier molecular flexibility index (Phi) is 3.55. The van der Waals surface area contributed by atoms with Crippen LogP contribution in [0.25, 0.3) is 22.5 Å². The van der Waals surface area contributed by atoms with Crippen molar-refractivity contribution in [3.63, 3.8) is 0 Å². The Balaban J connectivity index is 2.26. The molecule has 5 heteroatoms. The van der Waals surface area contributed by atoms with E-state index in [9.17, 15) is 9.59 Å². The van der Waals surface area contributed by atoms with Crippen LogP contribution in [0.1, 0.15) is 13.8 Å². The Morgan fingerprint density at radius 2 is 1.95 bits per heavy atom. The van der Waals surface area contributed by atoms with Crippen molar-refractivity contribution in [3.8, 4) is 17.3 Å². The summed E-state index contributed by atoms with van der Waals surface area (Å²) < 4.78 is 16.6. The van der Waals surface area contributed by atoms with Gasteiger partial charge in [-0.1, -0.05) is 12.1 Å². The first-order valence-corrected chi connectivity index (χ1v) is 6.84. The molecular weight excluding hydrogens is 284 g/mol. The molecule has 0 saturated heterocycles. The van der Waals surface area contributed by atoms with E-state index in [1.54, 1.807) is 43.3 Å². The number of carbonyl (C=O) groups is 1. The van der Waals surface area contributed by atoms with Crippen LogP contribution >= 0.6 is 0 Å². The van der Waals surface area contributed by atoms with E-state index in [0.717, 1.165) is 0 Å². The van der Waals surface area contributed by atoms with Crippen LogP contribution in [0.5, 0.6) is 5.75 Å². The van der Waals surface area contributed by atoms with Gasteiger partial charge in [-0.15, -0.1) is 0 Å². The molecule has 0 unspecified atom stereocenters. The molecule has 22 heavy (non-hydrogen) atoms. The van der Waals surface area contributed by atoms with E-state index in [4.69, 9.17) is 13.6 Å². The van der Waals surface area contributed by atoms with E-state index in [0.29, 0.717) is 16.7 Å². The molecule has 0 spiro atoms. The number of benzene rings is 1. The van der Waals surface area contributed by atoms with Crippen molar-refractivity contribution >= 4 is 16.8 Å². The third-order valence-electron chi connectivity index (χ3n) is 3.37. The average Bonchev–Trinajstić information content (AvgIpc) is 3.04. The second kappa shape index (κ2) is 5.52. The summed E-state index contributed by atoms with van der Waals surface area (Å²) in [6, 6.07) is 10.2. The number of fused-ring (bicyclic) bond motifs is 1. The standard InChI is InChI=1S/C17H14O5/c1-10(18)11(2)21-17-15(19)12-6-3-4-7-13(12)22-16(17)14-8-5-9-20-14/h3-9,11H,1-2H3/t11-/m1/s1. The number of ketones is 1. The van der Waals surface area contributed by atoms with E-state index in [1.165, 1.54) is 13.2 Å². The molecule has 0 fully saturated rings. The predicted octanol–water partition coefficient (Wildman–Crippen LogP) is 3.41. The summed E-state index contributed by atoms with van der Waals surface area (Å²) in [6.45, 7) is 2.99. The van der Waals surface area contributed by atoms with E-state index in [-0.39, 0.29) is 22.7 Å². The Morgan fingerprint density at radius 1 is 1.18 bits per heavy atom. The minimum absolute atomic E-state index is 0.0173. The maximum atomic E-state index is 12.7. The molecule has 2 heterocycles. The summed E-state index contributed by atoms with van der Waals surface area (Å²) in [6.07, 6.45) is 0.723. The molecule has 0 aliphatic heterocycles. The van der Waals surface area contributed by atoms with Crippen molar-refractivity contribution in [2.45, 2.75) is 20.0 Å². The van der Waals surface area contributed by atoms with Crippen molar-refractivity contribution in [2.75, 3.05) is 0 Å². The fourth-order valence-corrected chi connectivity index (χ4v) is 2.06. The van der Waals surface area contributed by atoms with Crippen molar-refractivity contribution in [2.24, 2.45) is 0 Å². The first-order valence-electron chi connectivity index (χ1n) is 6.84. The fraction of sp³-hybridized carbons (Fsp3) is 0.176. The summed E-state index contributed by atoms with van der Waals surface area (Å²) >= 11 is 0. The second-order valence-corrected chi connectivity index (χ2v) is 4.93. The predicted molar refractivity (Wildman–Crippen MR) is 81.0 cm³/mol. The number of rotatable bonds is 4. The van der Waals surface area contributed by atoms with E-state index in [2.05, 4.69) is 0 Å². The number of carbonyl (C=O) groups excluding carboxylic acids is 1. The number of hydrogen-bond acceptors (Lipinski definition) is 5. The molecule has 3 rings (SSSR count). The number of furan rings is 1. The molecule has 0 radical (unpaired) electrons. The summed E-state index contributed by atoms with van der Waals surface area (Å²) in [5.74, 6) is 0.352. The average molecular weight is 298 g/mol. The Labute approximate surface area is 126 Å². The van der Waals surface area contributed by atoms with Crippen LogP contribution in [0.15, 0.2) is 56.3 Å².